The van der Waals surface area contributed by atoms with E-state index in [2.05, 4.69) is 5.32 Å². The summed E-state index contributed by atoms with van der Waals surface area (Å²) in [5.41, 5.74) is 1.72. The van der Waals surface area contributed by atoms with E-state index in [1.165, 1.54) is 16.7 Å². The summed E-state index contributed by atoms with van der Waals surface area (Å²) in [4.78, 5) is 50.1. The van der Waals surface area contributed by atoms with E-state index < -0.39 is 22.2 Å². The lowest BCUT2D eigenvalue weighted by atomic mass is 9.95. The van der Waals surface area contributed by atoms with Gasteiger partial charge in [0.05, 0.1) is 27.1 Å². The lowest BCUT2D eigenvalue weighted by Crippen LogP contribution is -2.26. The van der Waals surface area contributed by atoms with E-state index >= 15 is 0 Å². The predicted molar refractivity (Wildman–Crippen MR) is 132 cm³/mol. The third-order valence-corrected chi connectivity index (χ3v) is 6.23. The van der Waals surface area contributed by atoms with Crippen molar-refractivity contribution < 1.29 is 19.3 Å². The van der Waals surface area contributed by atoms with Crippen LogP contribution >= 0.6 is 0 Å². The molecular formula is C26H22N4O5. The number of fused-ring (bicyclic) bond motifs is 2. The van der Waals surface area contributed by atoms with Crippen LogP contribution in [0.15, 0.2) is 54.9 Å². The smallest absolute Gasteiger partial charge is 0.271 e. The molecule has 2 aromatic heterocycles. The van der Waals surface area contributed by atoms with Gasteiger partial charge in [-0.3, -0.25) is 34.4 Å². The number of imide groups is 1. The van der Waals surface area contributed by atoms with Gasteiger partial charge in [0.15, 0.2) is 0 Å². The Morgan fingerprint density at radius 3 is 2.14 bits per heavy atom. The van der Waals surface area contributed by atoms with Crippen LogP contribution in [0.4, 0.5) is 5.69 Å². The monoisotopic (exact) mass is 470 g/mol. The second-order valence-corrected chi connectivity index (χ2v) is 9.63. The molecule has 5 rings (SSSR count). The number of para-hydroxylation sites is 1. The number of nitrogens with zero attached hydrogens (tertiary/aromatic N) is 3. The standard InChI is InChI=1S/C26H22N4O5/c1-26(2,3)25(33)29-13-18(15-7-5-6-8-19(15)29)22-21(23(31)27-24(22)32)17-12-28(4)20-11-14(30(34)35)9-10-16(17)20/h5-13H,1-4H3,(H,27,31,32). The first-order valence-corrected chi connectivity index (χ1v) is 11.0. The van der Waals surface area contributed by atoms with Gasteiger partial charge in [-0.2, -0.15) is 0 Å². The second kappa shape index (κ2) is 7.49. The first-order chi connectivity index (χ1) is 16.5. The minimum absolute atomic E-state index is 0.0739. The van der Waals surface area contributed by atoms with Gasteiger partial charge in [0.2, 0.25) is 5.91 Å². The molecule has 1 aliphatic rings. The number of carbonyl (C=O) groups is 3. The van der Waals surface area contributed by atoms with Crippen LogP contribution in [0.25, 0.3) is 33.0 Å². The van der Waals surface area contributed by atoms with Gasteiger partial charge in [-0.25, -0.2) is 0 Å². The first-order valence-electron chi connectivity index (χ1n) is 11.0. The van der Waals surface area contributed by atoms with E-state index in [0.717, 1.165) is 0 Å². The van der Waals surface area contributed by atoms with Crippen molar-refractivity contribution in [3.05, 3.63) is 76.1 Å². The van der Waals surface area contributed by atoms with Gasteiger partial charge < -0.3 is 4.57 Å². The quantitative estimate of drug-likeness (QED) is 0.272. The van der Waals surface area contributed by atoms with Crippen LogP contribution in [0.1, 0.15) is 36.7 Å². The van der Waals surface area contributed by atoms with Gasteiger partial charge >= 0.3 is 0 Å². The topological polar surface area (TPSA) is 116 Å². The number of aryl methyl sites for hydroxylation is 1. The van der Waals surface area contributed by atoms with Crippen molar-refractivity contribution in [3.63, 3.8) is 0 Å². The molecule has 0 bridgehead atoms. The zero-order valence-electron chi connectivity index (χ0n) is 19.6. The van der Waals surface area contributed by atoms with Gasteiger partial charge in [0, 0.05) is 58.9 Å². The Hall–Kier alpha value is -4.53. The zero-order valence-corrected chi connectivity index (χ0v) is 19.6. The number of amides is 2. The van der Waals surface area contributed by atoms with Gasteiger partial charge in [0.1, 0.15) is 0 Å². The fraction of sp³-hybridized carbons (Fsp3) is 0.192. The molecule has 3 heterocycles. The molecule has 1 N–H and O–H groups in total. The number of aromatic nitrogens is 2. The molecule has 0 aliphatic carbocycles. The lowest BCUT2D eigenvalue weighted by Gasteiger charge is -2.17. The molecule has 2 amide bonds. The van der Waals surface area contributed by atoms with Crippen molar-refractivity contribution >= 4 is 56.4 Å². The number of rotatable bonds is 3. The van der Waals surface area contributed by atoms with Crippen LogP contribution in [-0.2, 0) is 16.6 Å². The number of nitrogens with one attached hydrogen (secondary N) is 1. The molecule has 0 saturated carbocycles. The number of benzene rings is 2. The highest BCUT2D eigenvalue weighted by atomic mass is 16.6. The molecule has 0 saturated heterocycles. The van der Waals surface area contributed by atoms with Crippen LogP contribution in [-0.4, -0.2) is 31.8 Å². The Balaban J connectivity index is 1.82. The van der Waals surface area contributed by atoms with Gasteiger partial charge in [0.25, 0.3) is 17.5 Å². The molecule has 0 unspecified atom stereocenters. The van der Waals surface area contributed by atoms with Crippen molar-refractivity contribution in [1.82, 2.24) is 14.5 Å². The van der Waals surface area contributed by atoms with Crippen LogP contribution in [0.3, 0.4) is 0 Å². The Kier molecular flexibility index (Phi) is 4.77. The average Bonchev–Trinajstić information content (AvgIpc) is 3.42. The van der Waals surface area contributed by atoms with E-state index in [1.807, 2.05) is 39.0 Å². The molecule has 0 radical (unpaired) electrons. The Bertz CT molecular complexity index is 1650. The molecule has 2 aromatic carbocycles. The molecule has 176 valence electrons. The highest BCUT2D eigenvalue weighted by Gasteiger charge is 2.36. The summed E-state index contributed by atoms with van der Waals surface area (Å²) in [5.74, 6) is -1.27. The zero-order chi connectivity index (χ0) is 25.2. The van der Waals surface area contributed by atoms with Gasteiger partial charge in [-0.1, -0.05) is 39.0 Å². The molecule has 35 heavy (non-hydrogen) atoms. The van der Waals surface area contributed by atoms with Crippen molar-refractivity contribution in [3.8, 4) is 0 Å². The third-order valence-electron chi connectivity index (χ3n) is 6.23. The molecule has 0 spiro atoms. The number of hydrogen-bond donors (Lipinski definition) is 1. The average molecular weight is 470 g/mol. The Morgan fingerprint density at radius 2 is 1.51 bits per heavy atom. The van der Waals surface area contributed by atoms with E-state index in [9.17, 15) is 24.5 Å². The summed E-state index contributed by atoms with van der Waals surface area (Å²) in [7, 11) is 1.72. The van der Waals surface area contributed by atoms with Gasteiger partial charge in [-0.05, 0) is 12.1 Å². The Morgan fingerprint density at radius 1 is 0.914 bits per heavy atom. The van der Waals surface area contributed by atoms with E-state index in [4.69, 9.17) is 0 Å². The summed E-state index contributed by atoms with van der Waals surface area (Å²) in [6, 6.07) is 11.6. The molecule has 0 atom stereocenters. The molecule has 1 aliphatic heterocycles. The molecule has 0 fully saturated rings. The van der Waals surface area contributed by atoms with Crippen molar-refractivity contribution in [2.75, 3.05) is 0 Å². The van der Waals surface area contributed by atoms with Crippen LogP contribution in [0.5, 0.6) is 0 Å². The van der Waals surface area contributed by atoms with E-state index in [1.54, 1.807) is 36.1 Å². The molecular weight excluding hydrogens is 448 g/mol. The summed E-state index contributed by atoms with van der Waals surface area (Å²) in [6.45, 7) is 5.45. The van der Waals surface area contributed by atoms with Crippen molar-refractivity contribution in [1.29, 1.82) is 0 Å². The number of non-ortho nitro benzene ring substituents is 1. The Labute approximate surface area is 199 Å². The highest BCUT2D eigenvalue weighted by Crippen LogP contribution is 2.39. The predicted octanol–water partition coefficient (Wildman–Crippen LogP) is 4.29. The van der Waals surface area contributed by atoms with Crippen molar-refractivity contribution in [2.45, 2.75) is 20.8 Å². The summed E-state index contributed by atoms with van der Waals surface area (Å²) in [6.07, 6.45) is 3.29. The number of nitro benzene ring substituents is 1. The summed E-state index contributed by atoms with van der Waals surface area (Å²) < 4.78 is 3.21. The van der Waals surface area contributed by atoms with E-state index in [-0.39, 0.29) is 22.7 Å². The first kappa shape index (κ1) is 22.3. The normalized spacial score (nSPS) is 14.3. The van der Waals surface area contributed by atoms with E-state index in [0.29, 0.717) is 32.9 Å². The van der Waals surface area contributed by atoms with Crippen LogP contribution in [0.2, 0.25) is 0 Å². The third kappa shape index (κ3) is 3.35. The lowest BCUT2D eigenvalue weighted by molar-refractivity contribution is -0.384. The van der Waals surface area contributed by atoms with Crippen molar-refractivity contribution in [2.24, 2.45) is 12.5 Å². The fourth-order valence-corrected chi connectivity index (χ4v) is 4.56. The summed E-state index contributed by atoms with van der Waals surface area (Å²) in [5, 5.41) is 14.9. The SMILES string of the molecule is Cn1cc(C2=C(c3cn(C(=O)C(C)(C)C)c4ccccc34)C(=O)NC2=O)c2ccc([N+](=O)[O-])cc21. The van der Waals surface area contributed by atoms with Crippen LogP contribution < -0.4 is 5.32 Å². The minimum Gasteiger partial charge on any atom is -0.350 e. The number of nitro groups is 1. The molecule has 4 aromatic rings. The minimum atomic E-state index is -0.672. The summed E-state index contributed by atoms with van der Waals surface area (Å²) >= 11 is 0. The second-order valence-electron chi connectivity index (χ2n) is 9.63. The highest BCUT2D eigenvalue weighted by molar-refractivity contribution is 6.50. The fourth-order valence-electron chi connectivity index (χ4n) is 4.56. The largest absolute Gasteiger partial charge is 0.350 e. The maximum atomic E-state index is 13.2. The molecule has 9 heteroatoms. The molecule has 9 nitrogen and oxygen atoms in total. The van der Waals surface area contributed by atoms with Crippen LogP contribution in [0, 0.1) is 15.5 Å². The van der Waals surface area contributed by atoms with Gasteiger partial charge in [-0.15, -0.1) is 0 Å². The number of carbonyl (C=O) groups excluding carboxylic acids is 3. The maximum absolute atomic E-state index is 13.2. The number of hydrogen-bond acceptors (Lipinski definition) is 5. The maximum Gasteiger partial charge on any atom is 0.271 e.